The average molecular weight is 298 g/mol. The van der Waals surface area contributed by atoms with E-state index in [0.29, 0.717) is 6.26 Å². The average Bonchev–Trinajstić information content (AvgIpc) is 2.50. The summed E-state index contributed by atoms with van der Waals surface area (Å²) >= 11 is 1.54. The minimum Gasteiger partial charge on any atom is -0.512 e. The number of ketones is 1. The Kier molecular flexibility index (Phi) is 7.23. The van der Waals surface area contributed by atoms with E-state index in [9.17, 15) is 9.59 Å². The second-order valence-electron chi connectivity index (χ2n) is 3.40. The smallest absolute Gasteiger partial charge is 0.379 e. The summed E-state index contributed by atoms with van der Waals surface area (Å²) in [5, 5.41) is 8.23. The number of carbonyl (C=O) groups is 2. The van der Waals surface area contributed by atoms with Crippen LogP contribution in [0.25, 0.3) is 0 Å². The number of Topliss-reactive ketones (excluding diaryl/α,β-unsaturated/α-hetero) is 1. The normalized spacial score (nSPS) is 10.4. The predicted molar refractivity (Wildman–Crippen MR) is 72.3 cm³/mol. The van der Waals surface area contributed by atoms with E-state index in [-0.39, 0.29) is 18.8 Å². The van der Waals surface area contributed by atoms with Crippen molar-refractivity contribution in [3.8, 4) is 0 Å². The Morgan fingerprint density at radius 1 is 1.25 bits per heavy atom. The molecule has 0 saturated heterocycles. The molecule has 1 rings (SSSR count). The van der Waals surface area contributed by atoms with E-state index >= 15 is 0 Å². The lowest BCUT2D eigenvalue weighted by Crippen LogP contribution is -2.19. The lowest BCUT2D eigenvalue weighted by atomic mass is 10.1. The Bertz CT molecular complexity index is 468. The SMILES string of the molecule is CSc1ccc(C(=O)C(=O)OCCOO/C=C\O)cc1. The van der Waals surface area contributed by atoms with Gasteiger partial charge in [0.05, 0.1) is 0 Å². The molecule has 0 bridgehead atoms. The number of carbonyl (C=O) groups excluding carboxylic acids is 2. The molecule has 20 heavy (non-hydrogen) atoms. The van der Waals surface area contributed by atoms with Gasteiger partial charge in [0, 0.05) is 10.5 Å². The minimum atomic E-state index is -0.955. The van der Waals surface area contributed by atoms with Gasteiger partial charge in [0.1, 0.15) is 19.5 Å². The first-order valence-electron chi connectivity index (χ1n) is 5.62. The Hall–Kier alpha value is -1.99. The molecule has 0 saturated carbocycles. The van der Waals surface area contributed by atoms with Crippen LogP contribution in [0.4, 0.5) is 0 Å². The number of aliphatic hydroxyl groups excluding tert-OH is 1. The van der Waals surface area contributed by atoms with Gasteiger partial charge in [-0.25, -0.2) is 4.79 Å². The standard InChI is InChI=1S/C13H14O6S/c1-20-11-4-2-10(3-5-11)12(15)13(16)17-8-9-19-18-7-6-14/h2-7,14H,8-9H2,1H3/b7-6-. The fourth-order valence-electron chi connectivity index (χ4n) is 1.21. The third kappa shape index (κ3) is 5.33. The third-order valence-electron chi connectivity index (χ3n) is 2.12. The molecule has 0 aliphatic heterocycles. The summed E-state index contributed by atoms with van der Waals surface area (Å²) in [5.41, 5.74) is 0.271. The molecular weight excluding hydrogens is 284 g/mol. The minimum absolute atomic E-state index is 0.0607. The summed E-state index contributed by atoms with van der Waals surface area (Å²) in [6.45, 7) is -0.193. The van der Waals surface area contributed by atoms with Crippen LogP contribution in [-0.4, -0.2) is 36.3 Å². The molecule has 0 amide bonds. The molecule has 1 aromatic carbocycles. The maximum absolute atomic E-state index is 11.7. The van der Waals surface area contributed by atoms with E-state index in [1.807, 2.05) is 6.26 Å². The van der Waals surface area contributed by atoms with Gasteiger partial charge in [0.25, 0.3) is 5.78 Å². The molecule has 0 aliphatic carbocycles. The van der Waals surface area contributed by atoms with Crippen molar-refractivity contribution in [3.05, 3.63) is 42.4 Å². The summed E-state index contributed by atoms with van der Waals surface area (Å²) in [4.78, 5) is 33.0. The van der Waals surface area contributed by atoms with Crippen molar-refractivity contribution in [3.63, 3.8) is 0 Å². The second kappa shape index (κ2) is 9.00. The van der Waals surface area contributed by atoms with E-state index in [4.69, 9.17) is 9.84 Å². The molecule has 0 aromatic heterocycles. The second-order valence-corrected chi connectivity index (χ2v) is 4.28. The first-order chi connectivity index (χ1) is 9.69. The molecule has 108 valence electrons. The number of ether oxygens (including phenoxy) is 1. The van der Waals surface area contributed by atoms with Crippen LogP contribution in [0.1, 0.15) is 10.4 Å². The maximum atomic E-state index is 11.7. The monoisotopic (exact) mass is 298 g/mol. The molecule has 0 unspecified atom stereocenters. The van der Waals surface area contributed by atoms with Crippen LogP contribution >= 0.6 is 11.8 Å². The molecule has 0 atom stereocenters. The summed E-state index contributed by atoms with van der Waals surface area (Å²) in [6, 6.07) is 6.65. The molecule has 0 aliphatic rings. The van der Waals surface area contributed by atoms with E-state index in [0.717, 1.165) is 11.2 Å². The zero-order valence-corrected chi connectivity index (χ0v) is 11.6. The van der Waals surface area contributed by atoms with Gasteiger partial charge in [0.2, 0.25) is 0 Å². The van der Waals surface area contributed by atoms with Gasteiger partial charge in [-0.1, -0.05) is 0 Å². The van der Waals surface area contributed by atoms with Crippen LogP contribution in [0.5, 0.6) is 0 Å². The number of rotatable bonds is 8. The molecule has 0 spiro atoms. The van der Waals surface area contributed by atoms with Crippen molar-refractivity contribution >= 4 is 23.5 Å². The topological polar surface area (TPSA) is 82.1 Å². The van der Waals surface area contributed by atoms with Crippen LogP contribution in [0.3, 0.4) is 0 Å². The van der Waals surface area contributed by atoms with Crippen molar-refractivity contribution < 1.29 is 29.2 Å². The van der Waals surface area contributed by atoms with Gasteiger partial charge in [0.15, 0.2) is 6.26 Å². The largest absolute Gasteiger partial charge is 0.512 e. The highest BCUT2D eigenvalue weighted by Gasteiger charge is 2.17. The molecule has 6 nitrogen and oxygen atoms in total. The summed E-state index contributed by atoms with van der Waals surface area (Å²) in [5.74, 6) is -1.67. The quantitative estimate of drug-likeness (QED) is 0.115. The molecule has 0 fully saturated rings. The van der Waals surface area contributed by atoms with Gasteiger partial charge < -0.3 is 14.7 Å². The number of benzene rings is 1. The maximum Gasteiger partial charge on any atom is 0.379 e. The van der Waals surface area contributed by atoms with Gasteiger partial charge in [-0.05, 0) is 30.5 Å². The fraction of sp³-hybridized carbons (Fsp3) is 0.231. The zero-order chi connectivity index (χ0) is 14.8. The van der Waals surface area contributed by atoms with E-state index in [1.54, 1.807) is 24.3 Å². The van der Waals surface area contributed by atoms with Crippen molar-refractivity contribution in [2.45, 2.75) is 4.90 Å². The highest BCUT2D eigenvalue weighted by Crippen LogP contribution is 2.15. The molecule has 1 N–H and O–H groups in total. The van der Waals surface area contributed by atoms with E-state index in [1.165, 1.54) is 11.8 Å². The van der Waals surface area contributed by atoms with Crippen LogP contribution in [-0.2, 0) is 19.3 Å². The third-order valence-corrected chi connectivity index (χ3v) is 2.87. The Morgan fingerprint density at radius 3 is 2.55 bits per heavy atom. The highest BCUT2D eigenvalue weighted by molar-refractivity contribution is 7.98. The van der Waals surface area contributed by atoms with Gasteiger partial charge in [-0.15, -0.1) is 11.8 Å². The molecule has 1 aromatic rings. The Labute approximate surface area is 120 Å². The fourth-order valence-corrected chi connectivity index (χ4v) is 1.61. The van der Waals surface area contributed by atoms with Gasteiger partial charge in [-0.2, -0.15) is 4.89 Å². The zero-order valence-electron chi connectivity index (χ0n) is 10.8. The number of esters is 1. The summed E-state index contributed by atoms with van der Waals surface area (Å²) in [6.07, 6.45) is 3.47. The van der Waals surface area contributed by atoms with Crippen LogP contribution in [0, 0.1) is 0 Å². The Balaban J connectivity index is 2.36. The van der Waals surface area contributed by atoms with Gasteiger partial charge in [-0.3, -0.25) is 4.79 Å². The van der Waals surface area contributed by atoms with Crippen molar-refractivity contribution in [1.29, 1.82) is 0 Å². The molecule has 7 heteroatoms. The summed E-state index contributed by atoms with van der Waals surface area (Å²) in [7, 11) is 0. The van der Waals surface area contributed by atoms with E-state index < -0.39 is 11.8 Å². The summed E-state index contributed by atoms with van der Waals surface area (Å²) < 4.78 is 4.71. The number of hydrogen-bond donors (Lipinski definition) is 1. The van der Waals surface area contributed by atoms with Crippen LogP contribution in [0.2, 0.25) is 0 Å². The molecule has 0 radical (unpaired) electrons. The number of thioether (sulfide) groups is 1. The highest BCUT2D eigenvalue weighted by atomic mass is 32.2. The van der Waals surface area contributed by atoms with Crippen molar-refractivity contribution in [1.82, 2.24) is 0 Å². The molecular formula is C13H14O6S. The number of hydrogen-bond acceptors (Lipinski definition) is 7. The van der Waals surface area contributed by atoms with Crippen LogP contribution in [0.15, 0.2) is 41.7 Å². The van der Waals surface area contributed by atoms with Gasteiger partial charge >= 0.3 is 5.97 Å². The first kappa shape index (κ1) is 16.1. The number of aliphatic hydroxyl groups is 1. The molecule has 0 heterocycles. The lowest BCUT2D eigenvalue weighted by molar-refractivity contribution is -0.254. The first-order valence-corrected chi connectivity index (χ1v) is 6.84. The predicted octanol–water partition coefficient (Wildman–Crippen LogP) is 2.11. The van der Waals surface area contributed by atoms with E-state index in [2.05, 4.69) is 9.78 Å². The van der Waals surface area contributed by atoms with Crippen molar-refractivity contribution in [2.24, 2.45) is 0 Å². The van der Waals surface area contributed by atoms with Crippen molar-refractivity contribution in [2.75, 3.05) is 19.5 Å². The lowest BCUT2D eigenvalue weighted by Gasteiger charge is -2.04. The van der Waals surface area contributed by atoms with Crippen LogP contribution < -0.4 is 0 Å². The Morgan fingerprint density at radius 2 is 1.95 bits per heavy atom.